The third kappa shape index (κ3) is 4.13. The number of aromatic nitrogens is 1. The zero-order valence-electron chi connectivity index (χ0n) is 16.6. The summed E-state index contributed by atoms with van der Waals surface area (Å²) in [6.07, 6.45) is 1.03. The molecule has 1 N–H and O–H groups in total. The Hall–Kier alpha value is -3.39. The molecule has 0 aliphatic carbocycles. The van der Waals surface area contributed by atoms with Crippen LogP contribution in [0.4, 0.5) is 5.69 Å². The lowest BCUT2D eigenvalue weighted by Gasteiger charge is -2.17. The molecule has 7 nitrogen and oxygen atoms in total. The Labute approximate surface area is 177 Å². The summed E-state index contributed by atoms with van der Waals surface area (Å²) in [6.45, 7) is 0.0798. The first-order chi connectivity index (χ1) is 14.6. The van der Waals surface area contributed by atoms with Crippen LogP contribution in [0.5, 0.6) is 11.5 Å². The number of benzene rings is 2. The van der Waals surface area contributed by atoms with Crippen molar-refractivity contribution in [1.29, 1.82) is 0 Å². The number of ether oxygens (including phenoxy) is 3. The van der Waals surface area contributed by atoms with E-state index in [4.69, 9.17) is 14.2 Å². The third-order valence-electron chi connectivity index (χ3n) is 4.77. The number of amides is 1. The summed E-state index contributed by atoms with van der Waals surface area (Å²) in [4.78, 5) is 28.4. The Balaban J connectivity index is 1.42. The summed E-state index contributed by atoms with van der Waals surface area (Å²) in [5, 5.41) is 5.46. The minimum absolute atomic E-state index is 0.00774. The molecule has 0 spiro atoms. The molecule has 8 heteroatoms. The van der Waals surface area contributed by atoms with Gasteiger partial charge in [0, 0.05) is 23.1 Å². The van der Waals surface area contributed by atoms with E-state index in [1.807, 2.05) is 23.6 Å². The summed E-state index contributed by atoms with van der Waals surface area (Å²) in [7, 11) is 3.18. The molecule has 3 aromatic rings. The van der Waals surface area contributed by atoms with Gasteiger partial charge in [-0.25, -0.2) is 9.78 Å². The van der Waals surface area contributed by atoms with Gasteiger partial charge in [-0.1, -0.05) is 0 Å². The number of nitrogens with one attached hydrogen (secondary N) is 1. The van der Waals surface area contributed by atoms with E-state index in [-0.39, 0.29) is 12.5 Å². The maximum Gasteiger partial charge on any atom is 0.338 e. The first-order valence-electron chi connectivity index (χ1n) is 9.34. The van der Waals surface area contributed by atoms with Crippen molar-refractivity contribution in [2.24, 2.45) is 0 Å². The molecule has 2 heterocycles. The molecule has 0 atom stereocenters. The number of aryl methyl sites for hydroxylation is 1. The second-order valence-electron chi connectivity index (χ2n) is 6.71. The average molecular weight is 424 g/mol. The number of anilines is 1. The fraction of sp³-hybridized carbons (Fsp3) is 0.227. The van der Waals surface area contributed by atoms with E-state index in [1.54, 1.807) is 32.4 Å². The molecule has 1 amide bonds. The van der Waals surface area contributed by atoms with E-state index in [9.17, 15) is 9.59 Å². The standard InChI is InChI=1S/C22H20N2O5S/c1-27-18-7-4-14(10-19(18)28-2)21-23-16(12-30-21)11-29-22(26)15-3-6-17-13(9-15)5-8-20(25)24-17/h3-4,6-7,9-10,12H,5,8,11H2,1-2H3,(H,24,25). The van der Waals surface area contributed by atoms with Gasteiger partial charge < -0.3 is 19.5 Å². The fourth-order valence-electron chi connectivity index (χ4n) is 3.21. The summed E-state index contributed by atoms with van der Waals surface area (Å²) >= 11 is 1.46. The second kappa shape index (κ2) is 8.54. The predicted molar refractivity (Wildman–Crippen MR) is 113 cm³/mol. The van der Waals surface area contributed by atoms with Crippen LogP contribution in [0.15, 0.2) is 41.8 Å². The average Bonchev–Trinajstić information content (AvgIpc) is 3.25. The number of hydrogen-bond donors (Lipinski definition) is 1. The van der Waals surface area contributed by atoms with Gasteiger partial charge in [-0.2, -0.15) is 0 Å². The molecular formula is C22H20N2O5S. The lowest BCUT2D eigenvalue weighted by atomic mass is 10.0. The van der Waals surface area contributed by atoms with Crippen molar-refractivity contribution < 1.29 is 23.8 Å². The smallest absolute Gasteiger partial charge is 0.338 e. The number of thiazole rings is 1. The Morgan fingerprint density at radius 2 is 1.93 bits per heavy atom. The van der Waals surface area contributed by atoms with Gasteiger partial charge >= 0.3 is 5.97 Å². The van der Waals surface area contributed by atoms with Gasteiger partial charge in [-0.3, -0.25) is 4.79 Å². The van der Waals surface area contributed by atoms with Crippen LogP contribution in [-0.4, -0.2) is 31.1 Å². The maximum absolute atomic E-state index is 12.4. The first-order valence-corrected chi connectivity index (χ1v) is 10.2. The summed E-state index contributed by atoms with van der Waals surface area (Å²) in [5.74, 6) is 0.848. The van der Waals surface area contributed by atoms with Crippen LogP contribution in [0, 0.1) is 0 Å². The van der Waals surface area contributed by atoms with E-state index < -0.39 is 5.97 Å². The van der Waals surface area contributed by atoms with Crippen molar-refractivity contribution in [3.63, 3.8) is 0 Å². The highest BCUT2D eigenvalue weighted by atomic mass is 32.1. The van der Waals surface area contributed by atoms with Gasteiger partial charge in [0.2, 0.25) is 5.91 Å². The molecule has 1 aromatic heterocycles. The molecule has 4 rings (SSSR count). The van der Waals surface area contributed by atoms with Gasteiger partial charge in [-0.15, -0.1) is 11.3 Å². The SMILES string of the molecule is COc1ccc(-c2nc(COC(=O)c3ccc4c(c3)CCC(=O)N4)cs2)cc1OC. The van der Waals surface area contributed by atoms with Crippen LogP contribution in [0.3, 0.4) is 0 Å². The minimum Gasteiger partial charge on any atom is -0.493 e. The minimum atomic E-state index is -0.421. The molecule has 0 radical (unpaired) electrons. The molecule has 1 aliphatic rings. The molecule has 154 valence electrons. The number of carbonyl (C=O) groups excluding carboxylic acids is 2. The van der Waals surface area contributed by atoms with Crippen LogP contribution < -0.4 is 14.8 Å². The van der Waals surface area contributed by atoms with Gasteiger partial charge in [0.05, 0.1) is 25.5 Å². The van der Waals surface area contributed by atoms with Crippen LogP contribution in [0.25, 0.3) is 10.6 Å². The van der Waals surface area contributed by atoms with E-state index in [0.29, 0.717) is 35.6 Å². The number of fused-ring (bicyclic) bond motifs is 1. The Morgan fingerprint density at radius 3 is 2.73 bits per heavy atom. The first kappa shape index (κ1) is 19.9. The number of rotatable bonds is 6. The molecule has 30 heavy (non-hydrogen) atoms. The molecule has 2 aromatic carbocycles. The van der Waals surface area contributed by atoms with Gasteiger partial charge in [-0.05, 0) is 48.4 Å². The molecule has 0 saturated heterocycles. The van der Waals surface area contributed by atoms with Crippen molar-refractivity contribution >= 4 is 28.9 Å². The summed E-state index contributed by atoms with van der Waals surface area (Å²) < 4.78 is 16.0. The Bertz CT molecular complexity index is 1110. The highest BCUT2D eigenvalue weighted by molar-refractivity contribution is 7.13. The van der Waals surface area contributed by atoms with Crippen molar-refractivity contribution in [3.05, 3.63) is 58.6 Å². The van der Waals surface area contributed by atoms with Gasteiger partial charge in [0.15, 0.2) is 11.5 Å². The van der Waals surface area contributed by atoms with Crippen LogP contribution in [0.2, 0.25) is 0 Å². The molecule has 0 unspecified atom stereocenters. The van der Waals surface area contributed by atoms with E-state index in [0.717, 1.165) is 21.8 Å². The maximum atomic E-state index is 12.4. The Kier molecular flexibility index (Phi) is 5.67. The largest absolute Gasteiger partial charge is 0.493 e. The van der Waals surface area contributed by atoms with E-state index in [1.165, 1.54) is 11.3 Å². The fourth-order valence-corrected chi connectivity index (χ4v) is 4.01. The number of nitrogens with zero attached hydrogens (tertiary/aromatic N) is 1. The second-order valence-corrected chi connectivity index (χ2v) is 7.57. The lowest BCUT2D eigenvalue weighted by molar-refractivity contribution is -0.116. The topological polar surface area (TPSA) is 86.8 Å². The highest BCUT2D eigenvalue weighted by Gasteiger charge is 2.18. The van der Waals surface area contributed by atoms with Crippen LogP contribution in [-0.2, 0) is 22.6 Å². The number of methoxy groups -OCH3 is 2. The van der Waals surface area contributed by atoms with E-state index >= 15 is 0 Å². The van der Waals surface area contributed by atoms with Gasteiger partial charge in [0.25, 0.3) is 0 Å². The van der Waals surface area contributed by atoms with E-state index in [2.05, 4.69) is 10.3 Å². The number of carbonyl (C=O) groups is 2. The summed E-state index contributed by atoms with van der Waals surface area (Å²) in [6, 6.07) is 10.8. The molecule has 1 aliphatic heterocycles. The van der Waals surface area contributed by atoms with Crippen molar-refractivity contribution in [1.82, 2.24) is 4.98 Å². The van der Waals surface area contributed by atoms with Gasteiger partial charge in [0.1, 0.15) is 11.6 Å². The van der Waals surface area contributed by atoms with Crippen LogP contribution >= 0.6 is 11.3 Å². The monoisotopic (exact) mass is 424 g/mol. The van der Waals surface area contributed by atoms with Crippen molar-refractivity contribution in [3.8, 4) is 22.1 Å². The molecule has 0 fully saturated rings. The number of esters is 1. The number of hydrogen-bond acceptors (Lipinski definition) is 7. The Morgan fingerprint density at radius 1 is 1.10 bits per heavy atom. The van der Waals surface area contributed by atoms with Crippen molar-refractivity contribution in [2.45, 2.75) is 19.4 Å². The van der Waals surface area contributed by atoms with Crippen molar-refractivity contribution in [2.75, 3.05) is 19.5 Å². The molecular weight excluding hydrogens is 404 g/mol. The predicted octanol–water partition coefficient (Wildman–Crippen LogP) is 4.07. The third-order valence-corrected chi connectivity index (χ3v) is 5.71. The molecule has 0 saturated carbocycles. The zero-order valence-corrected chi connectivity index (χ0v) is 17.4. The quantitative estimate of drug-likeness (QED) is 0.601. The summed E-state index contributed by atoms with van der Waals surface area (Å²) in [5.41, 5.74) is 3.71. The van der Waals surface area contributed by atoms with Crippen LogP contribution in [0.1, 0.15) is 28.0 Å². The normalized spacial score (nSPS) is 12.7. The zero-order chi connectivity index (χ0) is 21.1. The lowest BCUT2D eigenvalue weighted by Crippen LogP contribution is -2.19. The molecule has 0 bridgehead atoms. The highest BCUT2D eigenvalue weighted by Crippen LogP contribution is 2.33.